The minimum absolute atomic E-state index is 0.0923. The summed E-state index contributed by atoms with van der Waals surface area (Å²) in [6.45, 7) is 4.32. The normalized spacial score (nSPS) is 26.1. The van der Waals surface area contributed by atoms with E-state index in [9.17, 15) is 16.8 Å². The van der Waals surface area contributed by atoms with Gasteiger partial charge in [0.05, 0.1) is 5.25 Å². The zero-order valence-electron chi connectivity index (χ0n) is 11.0. The van der Waals surface area contributed by atoms with Crippen molar-refractivity contribution in [3.63, 3.8) is 0 Å². The van der Waals surface area contributed by atoms with E-state index in [4.69, 9.17) is 0 Å². The third kappa shape index (κ3) is 2.58. The maximum absolute atomic E-state index is 12.3. The van der Waals surface area contributed by atoms with E-state index in [0.717, 1.165) is 17.6 Å². The summed E-state index contributed by atoms with van der Waals surface area (Å²) < 4.78 is 48.1. The second-order valence-electron chi connectivity index (χ2n) is 4.78. The van der Waals surface area contributed by atoms with Crippen LogP contribution >= 0.6 is 11.3 Å². The summed E-state index contributed by atoms with van der Waals surface area (Å²) in [4.78, 5) is 0. The predicted molar refractivity (Wildman–Crippen MR) is 75.1 cm³/mol. The number of nitrogens with one attached hydrogen (secondary N) is 1. The lowest BCUT2D eigenvalue weighted by Crippen LogP contribution is -2.33. The molecule has 1 N–H and O–H groups in total. The maximum atomic E-state index is 12.3. The quantitative estimate of drug-likeness (QED) is 0.908. The molecule has 0 aliphatic carbocycles. The molecule has 0 fully saturated rings. The van der Waals surface area contributed by atoms with Crippen molar-refractivity contribution in [2.75, 3.05) is 12.8 Å². The van der Waals surface area contributed by atoms with Crippen molar-refractivity contribution < 1.29 is 16.8 Å². The highest BCUT2D eigenvalue weighted by atomic mass is 32.3. The first-order valence-electron chi connectivity index (χ1n) is 5.99. The number of thiophene rings is 1. The van der Waals surface area contributed by atoms with Crippen LogP contribution in [0.4, 0.5) is 0 Å². The van der Waals surface area contributed by atoms with Crippen molar-refractivity contribution in [1.29, 1.82) is 0 Å². The minimum atomic E-state index is -3.40. The van der Waals surface area contributed by atoms with Crippen LogP contribution in [0.3, 0.4) is 0 Å². The molecule has 2 atom stereocenters. The zero-order valence-corrected chi connectivity index (χ0v) is 13.5. The molecule has 0 saturated carbocycles. The molecular formula is C11H17NO4S3. The summed E-state index contributed by atoms with van der Waals surface area (Å²) in [6.07, 6.45) is 1.58. The van der Waals surface area contributed by atoms with Crippen molar-refractivity contribution in [3.05, 3.63) is 11.6 Å². The first kappa shape index (κ1) is 15.0. The lowest BCUT2D eigenvalue weighted by molar-refractivity contribution is 0.477. The van der Waals surface area contributed by atoms with Crippen LogP contribution < -0.4 is 5.32 Å². The average Bonchev–Trinajstić information content (AvgIpc) is 2.72. The fraction of sp³-hybridized carbons (Fsp3) is 0.636. The second-order valence-corrected chi connectivity index (χ2v) is 10.6. The van der Waals surface area contributed by atoms with Gasteiger partial charge in [0.15, 0.2) is 19.7 Å². The molecule has 0 bridgehead atoms. The Morgan fingerprint density at radius 2 is 2.11 bits per heavy atom. The topological polar surface area (TPSA) is 80.3 Å². The molecular weight excluding hydrogens is 306 g/mol. The van der Waals surface area contributed by atoms with Gasteiger partial charge in [0.25, 0.3) is 0 Å². The molecule has 0 aromatic carbocycles. The Balaban J connectivity index is 2.64. The van der Waals surface area contributed by atoms with Gasteiger partial charge in [0, 0.05) is 12.3 Å². The average molecular weight is 323 g/mol. The van der Waals surface area contributed by atoms with E-state index in [-0.39, 0.29) is 14.5 Å². The van der Waals surface area contributed by atoms with Crippen molar-refractivity contribution in [1.82, 2.24) is 5.32 Å². The van der Waals surface area contributed by atoms with Crippen molar-refractivity contribution in [2.45, 2.75) is 40.0 Å². The van der Waals surface area contributed by atoms with Gasteiger partial charge in [-0.15, -0.1) is 11.3 Å². The summed E-state index contributed by atoms with van der Waals surface area (Å²) in [6, 6.07) is 1.41. The molecule has 1 aromatic rings. The molecule has 0 saturated heterocycles. The van der Waals surface area contributed by atoms with Crippen LogP contribution in [0.25, 0.3) is 0 Å². The molecule has 108 valence electrons. The molecule has 5 nitrogen and oxygen atoms in total. The lowest BCUT2D eigenvalue weighted by atomic mass is 10.1. The number of rotatable bonds is 3. The standard InChI is InChI=1S/C11H17NO4S3/c1-4-12-9-5-7(2)19(15,16)11-8(9)6-10(17-11)18(3,13)14/h6-7,9,12H,4-5H2,1-3H3/t7-,9-/m0/s1. The molecule has 0 amide bonds. The summed E-state index contributed by atoms with van der Waals surface area (Å²) in [7, 11) is -6.77. The van der Waals surface area contributed by atoms with E-state index < -0.39 is 24.9 Å². The molecule has 19 heavy (non-hydrogen) atoms. The highest BCUT2D eigenvalue weighted by Gasteiger charge is 2.38. The van der Waals surface area contributed by atoms with Crippen LogP contribution in [-0.4, -0.2) is 34.9 Å². The Bertz CT molecular complexity index is 688. The van der Waals surface area contributed by atoms with Crippen LogP contribution in [0.15, 0.2) is 14.5 Å². The van der Waals surface area contributed by atoms with Crippen LogP contribution in [-0.2, 0) is 19.7 Å². The van der Waals surface area contributed by atoms with E-state index in [1.54, 1.807) is 6.92 Å². The number of hydrogen-bond donors (Lipinski definition) is 1. The van der Waals surface area contributed by atoms with Gasteiger partial charge in [-0.1, -0.05) is 6.92 Å². The van der Waals surface area contributed by atoms with Gasteiger partial charge in [0.1, 0.15) is 8.42 Å². The van der Waals surface area contributed by atoms with Gasteiger partial charge in [-0.25, -0.2) is 16.8 Å². The van der Waals surface area contributed by atoms with Gasteiger partial charge in [-0.2, -0.15) is 0 Å². The molecule has 0 spiro atoms. The van der Waals surface area contributed by atoms with Crippen LogP contribution in [0.2, 0.25) is 0 Å². The third-order valence-electron chi connectivity index (χ3n) is 3.25. The molecule has 1 aliphatic rings. The van der Waals surface area contributed by atoms with E-state index in [2.05, 4.69) is 5.32 Å². The highest BCUT2D eigenvalue weighted by molar-refractivity contribution is 7.96. The maximum Gasteiger partial charge on any atom is 0.190 e. The Kier molecular flexibility index (Phi) is 3.81. The van der Waals surface area contributed by atoms with E-state index in [1.165, 1.54) is 6.07 Å². The lowest BCUT2D eigenvalue weighted by Gasteiger charge is -2.27. The summed E-state index contributed by atoms with van der Waals surface area (Å²) >= 11 is 0.867. The predicted octanol–water partition coefficient (Wildman–Crippen LogP) is 1.37. The summed E-state index contributed by atoms with van der Waals surface area (Å²) in [5.41, 5.74) is 0.602. The number of hydrogen-bond acceptors (Lipinski definition) is 6. The Labute approximate surface area is 117 Å². The molecule has 8 heteroatoms. The van der Waals surface area contributed by atoms with Gasteiger partial charge in [0.2, 0.25) is 0 Å². The summed E-state index contributed by atoms with van der Waals surface area (Å²) in [5.74, 6) is 0. The van der Waals surface area contributed by atoms with Crippen LogP contribution in [0, 0.1) is 0 Å². The Morgan fingerprint density at radius 1 is 1.47 bits per heavy atom. The highest BCUT2D eigenvalue weighted by Crippen LogP contribution is 2.42. The molecule has 0 radical (unpaired) electrons. The minimum Gasteiger partial charge on any atom is -0.310 e. The van der Waals surface area contributed by atoms with Gasteiger partial charge in [-0.3, -0.25) is 0 Å². The van der Waals surface area contributed by atoms with E-state index >= 15 is 0 Å². The molecule has 1 aliphatic heterocycles. The van der Waals surface area contributed by atoms with Gasteiger partial charge < -0.3 is 5.32 Å². The second kappa shape index (κ2) is 4.83. The van der Waals surface area contributed by atoms with Crippen LogP contribution in [0.5, 0.6) is 0 Å². The summed E-state index contributed by atoms with van der Waals surface area (Å²) in [5, 5.41) is 2.73. The SMILES string of the molecule is CCN[C@H]1C[C@H](C)S(=O)(=O)c2sc(S(C)(=O)=O)cc21. The fourth-order valence-electron chi connectivity index (χ4n) is 2.22. The van der Waals surface area contributed by atoms with Crippen molar-refractivity contribution in [2.24, 2.45) is 0 Å². The Hall–Kier alpha value is -0.440. The monoisotopic (exact) mass is 323 g/mol. The molecule has 1 aromatic heterocycles. The number of sulfone groups is 2. The fourth-order valence-corrected chi connectivity index (χ4v) is 6.83. The molecule has 0 unspecified atom stereocenters. The Morgan fingerprint density at radius 3 is 2.63 bits per heavy atom. The van der Waals surface area contributed by atoms with E-state index in [1.807, 2.05) is 6.92 Å². The van der Waals surface area contributed by atoms with Crippen molar-refractivity contribution in [3.8, 4) is 0 Å². The van der Waals surface area contributed by atoms with Gasteiger partial charge >= 0.3 is 0 Å². The first-order valence-corrected chi connectivity index (χ1v) is 10.2. The van der Waals surface area contributed by atoms with E-state index in [0.29, 0.717) is 18.5 Å². The molecule has 2 rings (SSSR count). The zero-order chi connectivity index (χ0) is 14.4. The molecule has 2 heterocycles. The van der Waals surface area contributed by atoms with Crippen LogP contribution in [0.1, 0.15) is 31.9 Å². The van der Waals surface area contributed by atoms with Crippen molar-refractivity contribution >= 4 is 31.0 Å². The largest absolute Gasteiger partial charge is 0.310 e. The van der Waals surface area contributed by atoms with Gasteiger partial charge in [-0.05, 0) is 31.5 Å². The number of fused-ring (bicyclic) bond motifs is 1. The third-order valence-corrected chi connectivity index (χ3v) is 8.95. The smallest absolute Gasteiger partial charge is 0.190 e. The first-order chi connectivity index (χ1) is 8.67.